The Morgan fingerprint density at radius 3 is 2.40 bits per heavy atom. The zero-order chi connectivity index (χ0) is 15.0. The molecule has 0 aromatic rings. The van der Waals surface area contributed by atoms with Gasteiger partial charge in [-0.05, 0) is 36.1 Å². The quantitative estimate of drug-likeness (QED) is 0.617. The van der Waals surface area contributed by atoms with Crippen LogP contribution in [0.1, 0.15) is 33.6 Å². The van der Waals surface area contributed by atoms with Crippen molar-refractivity contribution in [3.05, 3.63) is 12.2 Å². The Kier molecular flexibility index (Phi) is 5.08. The minimum Gasteiger partial charge on any atom is -0.410 e. The van der Waals surface area contributed by atoms with Crippen LogP contribution in [0.25, 0.3) is 0 Å². The molecule has 2 atom stereocenters. The van der Waals surface area contributed by atoms with E-state index in [1.54, 1.807) is 0 Å². The van der Waals surface area contributed by atoms with E-state index in [0.717, 1.165) is 6.42 Å². The van der Waals surface area contributed by atoms with E-state index in [1.165, 1.54) is 17.9 Å². The van der Waals surface area contributed by atoms with Crippen molar-refractivity contribution in [2.75, 3.05) is 11.5 Å². The largest absolute Gasteiger partial charge is 0.410 e. The number of hydrogen-bond acceptors (Lipinski definition) is 4. The standard InChI is InChI=1S/C15H28O2S2Si/c1-14(2,3)20(4,5)17-12-7-8-15(16,11-12)13-18-9-6-10-19-13/h7-8,12-13,16H,6,9-11H2,1-5H3/t12-,15+/m0/s1. The highest BCUT2D eigenvalue weighted by Crippen LogP contribution is 2.45. The first-order chi connectivity index (χ1) is 9.14. The summed E-state index contributed by atoms with van der Waals surface area (Å²) in [7, 11) is -1.76. The summed E-state index contributed by atoms with van der Waals surface area (Å²) in [6.45, 7) is 11.3. The van der Waals surface area contributed by atoms with Crippen LogP contribution in [0, 0.1) is 0 Å². The molecule has 116 valence electrons. The third-order valence-corrected chi connectivity index (χ3v) is 12.4. The van der Waals surface area contributed by atoms with E-state index >= 15 is 0 Å². The van der Waals surface area contributed by atoms with Crippen molar-refractivity contribution in [3.8, 4) is 0 Å². The van der Waals surface area contributed by atoms with E-state index in [1.807, 2.05) is 29.6 Å². The van der Waals surface area contributed by atoms with Crippen LogP contribution in [-0.2, 0) is 4.43 Å². The van der Waals surface area contributed by atoms with Crippen molar-refractivity contribution >= 4 is 31.8 Å². The van der Waals surface area contributed by atoms with Gasteiger partial charge in [0.1, 0.15) is 5.60 Å². The van der Waals surface area contributed by atoms with E-state index < -0.39 is 13.9 Å². The zero-order valence-corrected chi connectivity index (χ0v) is 15.9. The van der Waals surface area contributed by atoms with Crippen LogP contribution in [0.15, 0.2) is 12.2 Å². The van der Waals surface area contributed by atoms with Gasteiger partial charge < -0.3 is 9.53 Å². The predicted molar refractivity (Wildman–Crippen MR) is 94.1 cm³/mol. The Bertz CT molecular complexity index is 373. The Labute approximate surface area is 133 Å². The summed E-state index contributed by atoms with van der Waals surface area (Å²) in [5.41, 5.74) is -0.678. The third-order valence-electron chi connectivity index (χ3n) is 4.62. The van der Waals surface area contributed by atoms with E-state index in [9.17, 15) is 5.11 Å². The van der Waals surface area contributed by atoms with Crippen molar-refractivity contribution in [3.63, 3.8) is 0 Å². The maximum Gasteiger partial charge on any atom is 0.192 e. The molecule has 1 heterocycles. The lowest BCUT2D eigenvalue weighted by Gasteiger charge is -2.39. The van der Waals surface area contributed by atoms with E-state index in [4.69, 9.17) is 4.43 Å². The van der Waals surface area contributed by atoms with Crippen LogP contribution in [0.5, 0.6) is 0 Å². The molecule has 0 aromatic heterocycles. The van der Waals surface area contributed by atoms with Crippen molar-refractivity contribution in [1.29, 1.82) is 0 Å². The maximum atomic E-state index is 10.9. The van der Waals surface area contributed by atoms with Crippen LogP contribution in [0.2, 0.25) is 18.1 Å². The molecule has 0 bridgehead atoms. The van der Waals surface area contributed by atoms with E-state index in [0.29, 0.717) is 0 Å². The summed E-state index contributed by atoms with van der Waals surface area (Å²) >= 11 is 3.80. The smallest absolute Gasteiger partial charge is 0.192 e. The van der Waals surface area contributed by atoms with Crippen LogP contribution in [0.3, 0.4) is 0 Å². The molecule has 2 rings (SSSR count). The fourth-order valence-electron chi connectivity index (χ4n) is 2.32. The second-order valence-corrected chi connectivity index (χ2v) is 14.9. The molecule has 1 aliphatic carbocycles. The van der Waals surface area contributed by atoms with Gasteiger partial charge in [0, 0.05) is 6.42 Å². The second-order valence-electron chi connectivity index (χ2n) is 7.40. The van der Waals surface area contributed by atoms with Gasteiger partial charge in [0.05, 0.1) is 10.7 Å². The van der Waals surface area contributed by atoms with Gasteiger partial charge in [-0.25, -0.2) is 0 Å². The summed E-state index contributed by atoms with van der Waals surface area (Å²) in [6, 6.07) is 0. The SMILES string of the molecule is CC(C)(C)[Si](C)(C)O[C@H]1C=C[C@](O)(C2SCCCS2)C1. The van der Waals surface area contributed by atoms with E-state index in [2.05, 4.69) is 39.9 Å². The highest BCUT2D eigenvalue weighted by molar-refractivity contribution is 8.17. The van der Waals surface area contributed by atoms with Gasteiger partial charge in [0.2, 0.25) is 0 Å². The van der Waals surface area contributed by atoms with Crippen LogP contribution in [-0.4, -0.2) is 41.2 Å². The molecular weight excluding hydrogens is 304 g/mol. The van der Waals surface area contributed by atoms with Gasteiger partial charge in [-0.1, -0.05) is 32.9 Å². The topological polar surface area (TPSA) is 29.5 Å². The molecule has 0 amide bonds. The average Bonchev–Trinajstić information content (AvgIpc) is 2.71. The molecule has 20 heavy (non-hydrogen) atoms. The molecule has 1 aliphatic heterocycles. The molecule has 0 aromatic carbocycles. The average molecular weight is 333 g/mol. The van der Waals surface area contributed by atoms with Crippen molar-refractivity contribution < 1.29 is 9.53 Å². The number of rotatable bonds is 3. The lowest BCUT2D eigenvalue weighted by Crippen LogP contribution is -2.45. The Morgan fingerprint density at radius 1 is 1.25 bits per heavy atom. The first kappa shape index (κ1) is 16.9. The Morgan fingerprint density at radius 2 is 1.85 bits per heavy atom. The Hall–Kier alpha value is 0.577. The number of thioether (sulfide) groups is 2. The molecule has 1 fully saturated rings. The summed E-state index contributed by atoms with van der Waals surface area (Å²) in [5, 5.41) is 11.1. The van der Waals surface area contributed by atoms with Gasteiger partial charge in [-0.2, -0.15) is 0 Å². The molecule has 0 unspecified atom stereocenters. The first-order valence-corrected chi connectivity index (χ1v) is 12.5. The molecule has 0 saturated carbocycles. The monoisotopic (exact) mass is 332 g/mol. The highest BCUT2D eigenvalue weighted by Gasteiger charge is 2.45. The van der Waals surface area contributed by atoms with Crippen LogP contribution >= 0.6 is 23.5 Å². The molecule has 2 nitrogen and oxygen atoms in total. The van der Waals surface area contributed by atoms with Gasteiger partial charge in [-0.3, -0.25) is 0 Å². The maximum absolute atomic E-state index is 10.9. The summed E-state index contributed by atoms with van der Waals surface area (Å²) in [4.78, 5) is 0. The fourth-order valence-corrected chi connectivity index (χ4v) is 6.71. The van der Waals surface area contributed by atoms with Gasteiger partial charge >= 0.3 is 0 Å². The molecule has 0 spiro atoms. The van der Waals surface area contributed by atoms with Crippen LogP contribution in [0.4, 0.5) is 0 Å². The predicted octanol–water partition coefficient (Wildman–Crippen LogP) is 4.26. The van der Waals surface area contributed by atoms with E-state index in [-0.39, 0.29) is 15.7 Å². The molecule has 1 N–H and O–H groups in total. The van der Waals surface area contributed by atoms with Gasteiger partial charge in [0.15, 0.2) is 8.32 Å². The first-order valence-electron chi connectivity index (χ1n) is 7.47. The lowest BCUT2D eigenvalue weighted by molar-refractivity contribution is 0.0749. The molecule has 2 aliphatic rings. The lowest BCUT2D eigenvalue weighted by atomic mass is 10.1. The minimum absolute atomic E-state index is 0.0871. The van der Waals surface area contributed by atoms with Crippen molar-refractivity contribution in [2.24, 2.45) is 0 Å². The molecule has 0 radical (unpaired) electrons. The fraction of sp³-hybridized carbons (Fsp3) is 0.867. The van der Waals surface area contributed by atoms with Gasteiger partial charge in [0.25, 0.3) is 0 Å². The van der Waals surface area contributed by atoms with Crippen LogP contribution < -0.4 is 0 Å². The Balaban J connectivity index is 1.97. The molecular formula is C15H28O2S2Si. The summed E-state index contributed by atoms with van der Waals surface area (Å²) in [5.74, 6) is 2.34. The molecule has 1 saturated heterocycles. The van der Waals surface area contributed by atoms with Crippen molar-refractivity contribution in [2.45, 2.75) is 68.0 Å². The summed E-state index contributed by atoms with van der Waals surface area (Å²) in [6.07, 6.45) is 6.17. The summed E-state index contributed by atoms with van der Waals surface area (Å²) < 4.78 is 6.70. The van der Waals surface area contributed by atoms with Crippen molar-refractivity contribution in [1.82, 2.24) is 0 Å². The number of aliphatic hydroxyl groups is 1. The normalized spacial score (nSPS) is 32.8. The minimum atomic E-state index is -1.76. The zero-order valence-electron chi connectivity index (χ0n) is 13.3. The van der Waals surface area contributed by atoms with Gasteiger partial charge in [-0.15, -0.1) is 23.5 Å². The third kappa shape index (κ3) is 3.66. The highest BCUT2D eigenvalue weighted by atomic mass is 32.2. The number of hydrogen-bond donors (Lipinski definition) is 1. The second kappa shape index (κ2) is 5.99. The molecule has 5 heteroatoms.